The van der Waals surface area contributed by atoms with Crippen LogP contribution in [0.4, 0.5) is 0 Å². The summed E-state index contributed by atoms with van der Waals surface area (Å²) < 4.78 is 12.3. The number of ether oxygens (including phenoxy) is 2. The lowest BCUT2D eigenvalue weighted by Crippen LogP contribution is -2.74. The SMILES string of the molecule is C[C@H](C(=O)NCCC(=O)OC1=CC[C@@]2(O)[C@H]3Cc4ccc(CO)c5c4[C@@]2(CCN3C)[C@H]1O5)c1ccccc1. The number of likely N-dealkylation sites (N-methyl/N-ethyl adjacent to an activating group) is 1. The molecule has 8 heteroatoms. The highest BCUT2D eigenvalue weighted by atomic mass is 16.6. The number of rotatable bonds is 7. The molecule has 38 heavy (non-hydrogen) atoms. The number of carbonyl (C=O) groups is 2. The highest BCUT2D eigenvalue weighted by Gasteiger charge is 2.71. The van der Waals surface area contributed by atoms with Crippen LogP contribution in [0.3, 0.4) is 0 Å². The second-order valence-electron chi connectivity index (χ2n) is 11.0. The molecule has 200 valence electrons. The van der Waals surface area contributed by atoms with Crippen molar-refractivity contribution in [3.63, 3.8) is 0 Å². The first-order valence-electron chi connectivity index (χ1n) is 13.4. The van der Waals surface area contributed by atoms with Gasteiger partial charge in [0.1, 0.15) is 11.5 Å². The largest absolute Gasteiger partial charge is 0.481 e. The van der Waals surface area contributed by atoms with Crippen LogP contribution >= 0.6 is 0 Å². The van der Waals surface area contributed by atoms with E-state index in [1.54, 1.807) is 6.08 Å². The quantitative estimate of drug-likeness (QED) is 0.483. The van der Waals surface area contributed by atoms with Crippen molar-refractivity contribution in [3.05, 3.63) is 76.6 Å². The van der Waals surface area contributed by atoms with E-state index in [4.69, 9.17) is 9.47 Å². The number of amides is 1. The number of benzene rings is 2. The maximum Gasteiger partial charge on any atom is 0.312 e. The summed E-state index contributed by atoms with van der Waals surface area (Å²) in [6.45, 7) is 2.60. The Morgan fingerprint density at radius 2 is 2.03 bits per heavy atom. The average Bonchev–Trinajstić information content (AvgIpc) is 3.28. The first-order valence-corrected chi connectivity index (χ1v) is 13.4. The fourth-order valence-corrected chi connectivity index (χ4v) is 7.15. The van der Waals surface area contributed by atoms with E-state index >= 15 is 0 Å². The number of hydrogen-bond acceptors (Lipinski definition) is 7. The molecule has 2 aliphatic carbocycles. The molecule has 2 aromatic carbocycles. The van der Waals surface area contributed by atoms with E-state index in [0.29, 0.717) is 36.3 Å². The van der Waals surface area contributed by atoms with Crippen molar-refractivity contribution in [1.82, 2.24) is 10.2 Å². The van der Waals surface area contributed by atoms with Crippen LogP contribution in [-0.4, -0.2) is 64.9 Å². The zero-order valence-corrected chi connectivity index (χ0v) is 21.8. The topological polar surface area (TPSA) is 108 Å². The third-order valence-corrected chi connectivity index (χ3v) is 9.18. The van der Waals surface area contributed by atoms with E-state index in [0.717, 1.165) is 23.2 Å². The normalized spacial score (nSPS) is 29.5. The zero-order chi connectivity index (χ0) is 26.7. The lowest BCUT2D eigenvalue weighted by Gasteiger charge is -2.61. The Labute approximate surface area is 222 Å². The van der Waals surface area contributed by atoms with Gasteiger partial charge < -0.3 is 29.9 Å². The molecule has 1 spiro atoms. The van der Waals surface area contributed by atoms with Crippen molar-refractivity contribution in [1.29, 1.82) is 0 Å². The summed E-state index contributed by atoms with van der Waals surface area (Å²) in [5.41, 5.74) is 1.84. The predicted octanol–water partition coefficient (Wildman–Crippen LogP) is 2.31. The lowest BCUT2D eigenvalue weighted by atomic mass is 9.50. The number of esters is 1. The number of nitrogens with one attached hydrogen (secondary N) is 1. The fraction of sp³-hybridized carbons (Fsp3) is 0.467. The van der Waals surface area contributed by atoms with Gasteiger partial charge in [0.2, 0.25) is 5.91 Å². The van der Waals surface area contributed by atoms with Gasteiger partial charge in [-0.15, -0.1) is 0 Å². The molecule has 2 heterocycles. The van der Waals surface area contributed by atoms with Gasteiger partial charge in [0.15, 0.2) is 6.10 Å². The van der Waals surface area contributed by atoms with E-state index in [1.165, 1.54) is 0 Å². The van der Waals surface area contributed by atoms with Crippen molar-refractivity contribution < 1.29 is 29.3 Å². The highest BCUT2D eigenvalue weighted by Crippen LogP contribution is 2.64. The van der Waals surface area contributed by atoms with E-state index in [1.807, 2.05) is 56.4 Å². The summed E-state index contributed by atoms with van der Waals surface area (Å²) in [5.74, 6) is 0.0765. The molecule has 2 aliphatic heterocycles. The number of nitrogens with zero attached hydrogens (tertiary/aromatic N) is 1. The molecule has 6 rings (SSSR count). The molecule has 4 aliphatic rings. The van der Waals surface area contributed by atoms with Crippen LogP contribution in [-0.2, 0) is 32.8 Å². The monoisotopic (exact) mass is 518 g/mol. The van der Waals surface area contributed by atoms with Crippen LogP contribution in [0.15, 0.2) is 54.3 Å². The van der Waals surface area contributed by atoms with Crippen LogP contribution in [0.25, 0.3) is 0 Å². The minimum atomic E-state index is -1.07. The maximum atomic E-state index is 12.9. The smallest absolute Gasteiger partial charge is 0.312 e. The van der Waals surface area contributed by atoms with Gasteiger partial charge in [-0.2, -0.15) is 0 Å². The van der Waals surface area contributed by atoms with E-state index in [2.05, 4.69) is 10.2 Å². The Kier molecular flexibility index (Phi) is 6.09. The predicted molar refractivity (Wildman–Crippen MR) is 139 cm³/mol. The molecule has 3 N–H and O–H groups in total. The maximum absolute atomic E-state index is 12.9. The minimum Gasteiger partial charge on any atom is -0.481 e. The summed E-state index contributed by atoms with van der Waals surface area (Å²) in [6.07, 6.45) is 2.84. The molecular weight excluding hydrogens is 484 g/mol. The van der Waals surface area contributed by atoms with Crippen LogP contribution in [0.2, 0.25) is 0 Å². The first-order chi connectivity index (χ1) is 18.3. The second kappa shape index (κ2) is 9.22. The van der Waals surface area contributed by atoms with Gasteiger partial charge in [0, 0.05) is 30.1 Å². The van der Waals surface area contributed by atoms with Gasteiger partial charge >= 0.3 is 5.97 Å². The fourth-order valence-electron chi connectivity index (χ4n) is 7.15. The third kappa shape index (κ3) is 3.54. The standard InChI is InChI=1S/C30H34N2O6/c1-18(19-6-4-3-5-7-19)28(35)31-14-11-24(34)37-22-10-12-30(36)23-16-20-8-9-21(17-33)26-25(20)29(30,27(22)38-26)13-15-32(23)2/h3-10,18,23,27,33,36H,11-17H2,1-2H3,(H,31,35)/t18-,23+,27-,29-,30+/m0/s1. The average molecular weight is 519 g/mol. The van der Waals surface area contributed by atoms with E-state index in [-0.39, 0.29) is 37.4 Å². The van der Waals surface area contributed by atoms with Crippen LogP contribution in [0.5, 0.6) is 5.75 Å². The number of likely N-dealkylation sites (tertiary alicyclic amines) is 1. The Bertz CT molecular complexity index is 1310. The molecule has 0 unspecified atom stereocenters. The molecule has 8 nitrogen and oxygen atoms in total. The Morgan fingerprint density at radius 3 is 2.79 bits per heavy atom. The Morgan fingerprint density at radius 1 is 1.24 bits per heavy atom. The van der Waals surface area contributed by atoms with Crippen molar-refractivity contribution in [3.8, 4) is 5.75 Å². The summed E-state index contributed by atoms with van der Waals surface area (Å²) in [4.78, 5) is 27.7. The molecule has 0 radical (unpaired) electrons. The van der Waals surface area contributed by atoms with Crippen LogP contribution < -0.4 is 10.1 Å². The van der Waals surface area contributed by atoms with Gasteiger partial charge in [0.05, 0.1) is 30.0 Å². The first kappa shape index (κ1) is 25.1. The number of aliphatic hydroxyl groups excluding tert-OH is 1. The van der Waals surface area contributed by atoms with Crippen molar-refractivity contribution in [2.45, 2.75) is 68.3 Å². The minimum absolute atomic E-state index is 0.0139. The third-order valence-electron chi connectivity index (χ3n) is 9.18. The number of piperidine rings is 1. The van der Waals surface area contributed by atoms with Gasteiger partial charge in [-0.1, -0.05) is 42.5 Å². The summed E-state index contributed by atoms with van der Waals surface area (Å²) in [5, 5.41) is 25.1. The lowest BCUT2D eigenvalue weighted by molar-refractivity contribution is -0.169. The van der Waals surface area contributed by atoms with Crippen LogP contribution in [0.1, 0.15) is 54.4 Å². The van der Waals surface area contributed by atoms with E-state index < -0.39 is 23.1 Å². The molecular formula is C30H34N2O6. The molecule has 5 atom stereocenters. The van der Waals surface area contributed by atoms with Gasteiger partial charge in [0.25, 0.3) is 0 Å². The summed E-state index contributed by atoms with van der Waals surface area (Å²) >= 11 is 0. The Balaban J connectivity index is 1.20. The number of hydrogen-bond donors (Lipinski definition) is 3. The molecule has 2 aromatic rings. The summed E-state index contributed by atoms with van der Waals surface area (Å²) in [7, 11) is 2.04. The summed E-state index contributed by atoms with van der Waals surface area (Å²) in [6, 6.07) is 13.3. The van der Waals surface area contributed by atoms with Gasteiger partial charge in [-0.05, 0) is 50.6 Å². The van der Waals surface area contributed by atoms with Crippen molar-refractivity contribution in [2.75, 3.05) is 20.1 Å². The van der Waals surface area contributed by atoms with Crippen molar-refractivity contribution >= 4 is 11.9 Å². The highest BCUT2D eigenvalue weighted by molar-refractivity contribution is 5.83. The Hall–Kier alpha value is -3.20. The van der Waals surface area contributed by atoms with Crippen LogP contribution in [0, 0.1) is 0 Å². The molecule has 0 saturated carbocycles. The molecule has 2 bridgehead atoms. The molecule has 0 aromatic heterocycles. The van der Waals surface area contributed by atoms with E-state index in [9.17, 15) is 19.8 Å². The van der Waals surface area contributed by atoms with Crippen molar-refractivity contribution in [2.24, 2.45) is 0 Å². The molecule has 1 fully saturated rings. The van der Waals surface area contributed by atoms with Gasteiger partial charge in [-0.25, -0.2) is 0 Å². The number of aliphatic hydroxyl groups is 2. The zero-order valence-electron chi connectivity index (χ0n) is 21.8. The number of carbonyl (C=O) groups excluding carboxylic acids is 2. The van der Waals surface area contributed by atoms with Gasteiger partial charge in [-0.3, -0.25) is 9.59 Å². The molecule has 1 amide bonds. The molecule has 1 saturated heterocycles. The second-order valence-corrected chi connectivity index (χ2v) is 11.0.